The molecule has 2 aromatic rings. The Morgan fingerprint density at radius 1 is 0.818 bits per heavy atom. The minimum absolute atomic E-state index is 0. The standard InChI is InChI=1S/C18H21ClN2.ClH/c19-17-8-4-5-9-18(17)21-14-12-20(13-15-21)11-10-16-6-2-1-3-7-16;/h1-9H,10-15H2;1H. The number of halogens is 2. The predicted octanol–water partition coefficient (Wildman–Crippen LogP) is 4.13. The number of para-hydroxylation sites is 1. The number of nitrogens with zero attached hydrogens (tertiary/aromatic N) is 2. The normalized spacial score (nSPS) is 15.4. The number of anilines is 1. The van der Waals surface area contributed by atoms with Crippen LogP contribution in [0, 0.1) is 0 Å². The number of hydrogen-bond donors (Lipinski definition) is 0. The van der Waals surface area contributed by atoms with Crippen LogP contribution in [0.5, 0.6) is 0 Å². The highest BCUT2D eigenvalue weighted by Gasteiger charge is 2.18. The summed E-state index contributed by atoms with van der Waals surface area (Å²) in [6.45, 7) is 5.47. The lowest BCUT2D eigenvalue weighted by molar-refractivity contribution is 0.261. The first-order valence-electron chi connectivity index (χ1n) is 7.59. The maximum absolute atomic E-state index is 6.28. The lowest BCUT2D eigenvalue weighted by atomic mass is 10.1. The molecular formula is C18H22Cl2N2. The van der Waals surface area contributed by atoms with E-state index in [1.165, 1.54) is 11.3 Å². The van der Waals surface area contributed by atoms with Gasteiger partial charge in [-0.1, -0.05) is 54.1 Å². The molecule has 0 saturated carbocycles. The van der Waals surface area contributed by atoms with Gasteiger partial charge in [0.15, 0.2) is 0 Å². The molecule has 0 unspecified atom stereocenters. The zero-order valence-electron chi connectivity index (χ0n) is 12.6. The first-order chi connectivity index (χ1) is 10.3. The van der Waals surface area contributed by atoms with Crippen LogP contribution in [0.3, 0.4) is 0 Å². The summed E-state index contributed by atoms with van der Waals surface area (Å²) < 4.78 is 0. The second kappa shape index (κ2) is 8.42. The average molecular weight is 337 g/mol. The van der Waals surface area contributed by atoms with Crippen molar-refractivity contribution in [3.63, 3.8) is 0 Å². The van der Waals surface area contributed by atoms with Gasteiger partial charge in [0.05, 0.1) is 10.7 Å². The van der Waals surface area contributed by atoms with E-state index in [1.54, 1.807) is 0 Å². The number of hydrogen-bond acceptors (Lipinski definition) is 2. The molecule has 2 aromatic carbocycles. The van der Waals surface area contributed by atoms with Crippen molar-refractivity contribution in [3.05, 3.63) is 65.2 Å². The van der Waals surface area contributed by atoms with Crippen LogP contribution < -0.4 is 4.90 Å². The molecule has 22 heavy (non-hydrogen) atoms. The highest BCUT2D eigenvalue weighted by molar-refractivity contribution is 6.33. The van der Waals surface area contributed by atoms with Gasteiger partial charge in [0.2, 0.25) is 0 Å². The number of benzene rings is 2. The summed E-state index contributed by atoms with van der Waals surface area (Å²) in [5, 5.41) is 0.857. The van der Waals surface area contributed by atoms with E-state index in [0.717, 1.165) is 44.2 Å². The van der Waals surface area contributed by atoms with Crippen LogP contribution in [0.1, 0.15) is 5.56 Å². The quantitative estimate of drug-likeness (QED) is 0.828. The Morgan fingerprint density at radius 2 is 1.45 bits per heavy atom. The number of piperazine rings is 1. The van der Waals surface area contributed by atoms with Gasteiger partial charge >= 0.3 is 0 Å². The molecule has 0 amide bonds. The van der Waals surface area contributed by atoms with E-state index in [4.69, 9.17) is 11.6 Å². The third kappa shape index (κ3) is 4.39. The van der Waals surface area contributed by atoms with Gasteiger partial charge in [0.25, 0.3) is 0 Å². The van der Waals surface area contributed by atoms with Gasteiger partial charge in [-0.3, -0.25) is 4.90 Å². The number of rotatable bonds is 4. The molecule has 0 spiro atoms. The third-order valence-corrected chi connectivity index (χ3v) is 4.44. The Kier molecular flexibility index (Phi) is 6.56. The van der Waals surface area contributed by atoms with Crippen molar-refractivity contribution >= 4 is 29.7 Å². The SMILES string of the molecule is Cl.Clc1ccccc1N1CCN(CCc2ccccc2)CC1. The van der Waals surface area contributed by atoms with Crippen molar-refractivity contribution in [1.82, 2.24) is 4.90 Å². The lowest BCUT2D eigenvalue weighted by Crippen LogP contribution is -2.47. The third-order valence-electron chi connectivity index (χ3n) is 4.12. The van der Waals surface area contributed by atoms with Gasteiger partial charge in [-0.25, -0.2) is 0 Å². The molecule has 1 aliphatic heterocycles. The first-order valence-corrected chi connectivity index (χ1v) is 7.96. The van der Waals surface area contributed by atoms with Crippen molar-refractivity contribution in [2.75, 3.05) is 37.6 Å². The highest BCUT2D eigenvalue weighted by Crippen LogP contribution is 2.25. The van der Waals surface area contributed by atoms with Gasteiger partial charge < -0.3 is 4.90 Å². The fourth-order valence-electron chi connectivity index (χ4n) is 2.85. The Morgan fingerprint density at radius 3 is 2.14 bits per heavy atom. The van der Waals surface area contributed by atoms with Crippen molar-refractivity contribution in [2.24, 2.45) is 0 Å². The molecule has 118 valence electrons. The van der Waals surface area contributed by atoms with E-state index < -0.39 is 0 Å². The topological polar surface area (TPSA) is 6.48 Å². The van der Waals surface area contributed by atoms with Crippen LogP contribution in [0.15, 0.2) is 54.6 Å². The summed E-state index contributed by atoms with van der Waals surface area (Å²) in [5.74, 6) is 0. The van der Waals surface area contributed by atoms with Gasteiger partial charge in [-0.15, -0.1) is 12.4 Å². The van der Waals surface area contributed by atoms with Crippen molar-refractivity contribution < 1.29 is 0 Å². The predicted molar refractivity (Wildman–Crippen MR) is 97.5 cm³/mol. The monoisotopic (exact) mass is 336 g/mol. The molecule has 4 heteroatoms. The Labute approximate surface area is 144 Å². The fraction of sp³-hybridized carbons (Fsp3) is 0.333. The van der Waals surface area contributed by atoms with Crippen LogP contribution in [0.4, 0.5) is 5.69 Å². The zero-order valence-corrected chi connectivity index (χ0v) is 14.2. The van der Waals surface area contributed by atoms with E-state index in [1.807, 2.05) is 12.1 Å². The molecule has 0 radical (unpaired) electrons. The molecule has 1 saturated heterocycles. The molecular weight excluding hydrogens is 315 g/mol. The molecule has 3 rings (SSSR count). The molecule has 1 heterocycles. The molecule has 0 bridgehead atoms. The Bertz CT molecular complexity index is 566. The summed E-state index contributed by atoms with van der Waals surface area (Å²) >= 11 is 6.28. The van der Waals surface area contributed by atoms with Crippen LogP contribution >= 0.6 is 24.0 Å². The van der Waals surface area contributed by atoms with E-state index in [-0.39, 0.29) is 12.4 Å². The second-order valence-electron chi connectivity index (χ2n) is 5.52. The summed E-state index contributed by atoms with van der Waals surface area (Å²) in [5.41, 5.74) is 2.59. The molecule has 0 atom stereocenters. The minimum atomic E-state index is 0. The van der Waals surface area contributed by atoms with Crippen molar-refractivity contribution in [1.29, 1.82) is 0 Å². The van der Waals surface area contributed by atoms with E-state index >= 15 is 0 Å². The van der Waals surface area contributed by atoms with Gasteiger partial charge in [0, 0.05) is 32.7 Å². The smallest absolute Gasteiger partial charge is 0.0639 e. The summed E-state index contributed by atoms with van der Waals surface area (Å²) in [4.78, 5) is 4.93. The molecule has 0 N–H and O–H groups in total. The van der Waals surface area contributed by atoms with Gasteiger partial charge in [-0.2, -0.15) is 0 Å². The Balaban J connectivity index is 0.00000176. The second-order valence-corrected chi connectivity index (χ2v) is 5.92. The van der Waals surface area contributed by atoms with Crippen LogP contribution in [-0.2, 0) is 6.42 Å². The molecule has 0 aliphatic carbocycles. The summed E-state index contributed by atoms with van der Waals surface area (Å²) in [6.07, 6.45) is 1.13. The van der Waals surface area contributed by atoms with Crippen LogP contribution in [-0.4, -0.2) is 37.6 Å². The molecule has 1 aliphatic rings. The van der Waals surface area contributed by atoms with Crippen molar-refractivity contribution in [3.8, 4) is 0 Å². The highest BCUT2D eigenvalue weighted by atomic mass is 35.5. The van der Waals surface area contributed by atoms with Crippen LogP contribution in [0.2, 0.25) is 5.02 Å². The molecule has 2 nitrogen and oxygen atoms in total. The lowest BCUT2D eigenvalue weighted by Gasteiger charge is -2.36. The first kappa shape index (κ1) is 17.1. The summed E-state index contributed by atoms with van der Waals surface area (Å²) in [6, 6.07) is 18.9. The molecule has 1 fully saturated rings. The van der Waals surface area contributed by atoms with Gasteiger partial charge in [-0.05, 0) is 24.1 Å². The van der Waals surface area contributed by atoms with Crippen LogP contribution in [0.25, 0.3) is 0 Å². The van der Waals surface area contributed by atoms with E-state index in [2.05, 4.69) is 52.3 Å². The Hall–Kier alpha value is -1.22. The fourth-order valence-corrected chi connectivity index (χ4v) is 3.11. The minimum Gasteiger partial charge on any atom is -0.368 e. The van der Waals surface area contributed by atoms with Crippen molar-refractivity contribution in [2.45, 2.75) is 6.42 Å². The zero-order chi connectivity index (χ0) is 14.5. The summed E-state index contributed by atoms with van der Waals surface area (Å²) in [7, 11) is 0. The van der Waals surface area contributed by atoms with E-state index in [0.29, 0.717) is 0 Å². The maximum atomic E-state index is 6.28. The molecule has 0 aromatic heterocycles. The van der Waals surface area contributed by atoms with E-state index in [9.17, 15) is 0 Å². The average Bonchev–Trinajstić information content (AvgIpc) is 2.55. The van der Waals surface area contributed by atoms with Gasteiger partial charge in [0.1, 0.15) is 0 Å². The largest absolute Gasteiger partial charge is 0.368 e. The maximum Gasteiger partial charge on any atom is 0.0639 e.